The van der Waals surface area contributed by atoms with Crippen molar-refractivity contribution in [1.82, 2.24) is 0 Å². The van der Waals surface area contributed by atoms with Crippen molar-refractivity contribution in [2.45, 2.75) is 78.6 Å². The molecule has 0 aromatic heterocycles. The minimum absolute atomic E-state index is 0.0357. The van der Waals surface area contributed by atoms with Crippen molar-refractivity contribution in [2.24, 2.45) is 0 Å². The summed E-state index contributed by atoms with van der Waals surface area (Å²) in [6, 6.07) is 116. The van der Waals surface area contributed by atoms with Crippen LogP contribution < -0.4 is 26.2 Å². The second-order valence-electron chi connectivity index (χ2n) is 30.0. The zero-order valence-electron chi connectivity index (χ0n) is 56.8. The Morgan fingerprint density at radius 1 is 0.237 bits per heavy atom. The van der Waals surface area contributed by atoms with Crippen molar-refractivity contribution in [1.29, 1.82) is 0 Å². The lowest BCUT2D eigenvalue weighted by Gasteiger charge is -2.46. The van der Waals surface area contributed by atoms with Crippen LogP contribution >= 0.6 is 0 Å². The molecule has 0 spiro atoms. The van der Waals surface area contributed by atoms with Gasteiger partial charge in [-0.1, -0.05) is 329 Å². The minimum atomic E-state index is -0.217. The van der Waals surface area contributed by atoms with E-state index in [1.165, 1.54) is 87.6 Å². The van der Waals surface area contributed by atoms with Gasteiger partial charge in [0.05, 0.1) is 11.4 Å². The van der Waals surface area contributed by atoms with Crippen molar-refractivity contribution in [2.75, 3.05) is 9.80 Å². The molecule has 2 nitrogen and oxygen atoms in total. The van der Waals surface area contributed by atoms with E-state index in [0.29, 0.717) is 0 Å². The van der Waals surface area contributed by atoms with E-state index in [2.05, 4.69) is 375 Å². The Hall–Kier alpha value is -11.0. The molecule has 0 amide bonds. The molecule has 0 fully saturated rings. The number of hydrogen-bond donors (Lipinski definition) is 0. The van der Waals surface area contributed by atoms with Crippen molar-refractivity contribution >= 4 is 89.5 Å². The number of nitrogens with zero attached hydrogens (tertiary/aromatic N) is 2. The topological polar surface area (TPSA) is 6.48 Å². The molecule has 2 aliphatic rings. The second-order valence-corrected chi connectivity index (χ2v) is 30.0. The Kier molecular flexibility index (Phi) is 14.1. The molecule has 466 valence electrons. The van der Waals surface area contributed by atoms with E-state index in [0.717, 1.165) is 89.8 Å². The van der Waals surface area contributed by atoms with Crippen LogP contribution in [0.25, 0.3) is 110 Å². The van der Waals surface area contributed by atoms with Crippen LogP contribution in [-0.4, -0.2) is 6.71 Å². The fraction of sp³-hybridized carbons (Fsp3) is 0.128. The zero-order valence-corrected chi connectivity index (χ0v) is 56.8. The highest BCUT2D eigenvalue weighted by molar-refractivity contribution is 7.00. The summed E-state index contributed by atoms with van der Waals surface area (Å²) in [7, 11) is 0. The fourth-order valence-electron chi connectivity index (χ4n) is 15.8. The van der Waals surface area contributed by atoms with Crippen molar-refractivity contribution in [3.05, 3.63) is 320 Å². The highest BCUT2D eigenvalue weighted by Gasteiger charge is 2.46. The minimum Gasteiger partial charge on any atom is -0.310 e. The molecule has 0 saturated heterocycles. The summed E-state index contributed by atoms with van der Waals surface area (Å²) in [5.74, 6) is 0. The summed E-state index contributed by atoms with van der Waals surface area (Å²) in [4.78, 5) is 5.38. The van der Waals surface area contributed by atoms with Crippen molar-refractivity contribution in [3.63, 3.8) is 0 Å². The standard InChI is InChI=1S/C94H77BN2/c1-92(2,3)72-47-43-61(44-48-72)70-57-85-89-86(58-70)97(91-77(64-33-21-13-22-34-64)39-26-40-78(91)65-35-23-14-24-36-65)84-56-67(79-54-71-53-73(93(4,5)6)51-68-41-42-69-52-74(94(7,8)9)59-80(79)88(69)87(68)71)45-49-81(84)95(89)82-55-66(60-27-15-10-16-28-60)46-50-83(82)96(85)90-75(62-29-17-11-18-30-62)37-25-38-76(90)63-31-19-12-20-32-63/h10-59H,1-9H3. The lowest BCUT2D eigenvalue weighted by molar-refractivity contribution is 0.590. The van der Waals surface area contributed by atoms with Gasteiger partial charge >= 0.3 is 0 Å². The van der Waals surface area contributed by atoms with Gasteiger partial charge in [-0.3, -0.25) is 0 Å². The van der Waals surface area contributed by atoms with E-state index >= 15 is 0 Å². The quantitative estimate of drug-likeness (QED) is 0.105. The second kappa shape index (κ2) is 22.9. The normalized spacial score (nSPS) is 12.9. The Morgan fingerprint density at radius 3 is 1.12 bits per heavy atom. The largest absolute Gasteiger partial charge is 0.310 e. The smallest absolute Gasteiger partial charge is 0.252 e. The Labute approximate surface area is 572 Å². The summed E-state index contributed by atoms with van der Waals surface area (Å²) in [5.41, 5.74) is 30.7. The summed E-state index contributed by atoms with van der Waals surface area (Å²) in [6.07, 6.45) is 0. The zero-order chi connectivity index (χ0) is 66.1. The third-order valence-corrected chi connectivity index (χ3v) is 20.8. The molecular weight excluding hydrogens is 1170 g/mol. The predicted molar refractivity (Wildman–Crippen MR) is 418 cm³/mol. The van der Waals surface area contributed by atoms with Gasteiger partial charge in [-0.15, -0.1) is 0 Å². The van der Waals surface area contributed by atoms with E-state index in [9.17, 15) is 0 Å². The van der Waals surface area contributed by atoms with Gasteiger partial charge in [-0.2, -0.15) is 0 Å². The number of benzene rings is 15. The maximum atomic E-state index is 2.72. The molecule has 0 atom stereocenters. The average molecular weight is 1250 g/mol. The molecule has 0 unspecified atom stereocenters. The van der Waals surface area contributed by atoms with Gasteiger partial charge in [0.15, 0.2) is 0 Å². The fourth-order valence-corrected chi connectivity index (χ4v) is 15.8. The molecule has 0 saturated carbocycles. The van der Waals surface area contributed by atoms with E-state index in [4.69, 9.17) is 0 Å². The number of fused-ring (bicyclic) bond motifs is 4. The van der Waals surface area contributed by atoms with Crippen LogP contribution in [0.15, 0.2) is 303 Å². The predicted octanol–water partition coefficient (Wildman–Crippen LogP) is 24.2. The lowest BCUT2D eigenvalue weighted by Crippen LogP contribution is -2.61. The molecule has 3 heteroatoms. The number of hydrogen-bond acceptors (Lipinski definition) is 2. The van der Waals surface area contributed by atoms with Crippen LogP contribution in [0.2, 0.25) is 0 Å². The van der Waals surface area contributed by atoms with Gasteiger partial charge in [0.2, 0.25) is 0 Å². The molecule has 0 N–H and O–H groups in total. The van der Waals surface area contributed by atoms with Gasteiger partial charge in [0.25, 0.3) is 6.71 Å². The molecule has 17 rings (SSSR count). The average Bonchev–Trinajstić information content (AvgIpc) is 0.692. The summed E-state index contributed by atoms with van der Waals surface area (Å²) >= 11 is 0. The molecule has 2 heterocycles. The number of rotatable bonds is 9. The van der Waals surface area contributed by atoms with Crippen LogP contribution in [0.4, 0.5) is 34.1 Å². The van der Waals surface area contributed by atoms with E-state index in [-0.39, 0.29) is 23.0 Å². The first-order valence-corrected chi connectivity index (χ1v) is 34.5. The summed E-state index contributed by atoms with van der Waals surface area (Å²) in [6.45, 7) is 20.8. The highest BCUT2D eigenvalue weighted by Crippen LogP contribution is 2.55. The Morgan fingerprint density at radius 2 is 0.639 bits per heavy atom. The molecule has 2 aliphatic heterocycles. The Bertz CT molecular complexity index is 5430. The third kappa shape index (κ3) is 10.2. The Balaban J connectivity index is 1.05. The maximum absolute atomic E-state index is 2.72. The van der Waals surface area contributed by atoms with E-state index in [1.54, 1.807) is 0 Å². The third-order valence-electron chi connectivity index (χ3n) is 20.8. The van der Waals surface area contributed by atoms with Gasteiger partial charge in [0.1, 0.15) is 0 Å². The summed E-state index contributed by atoms with van der Waals surface area (Å²) in [5, 5.41) is 7.77. The van der Waals surface area contributed by atoms with Crippen molar-refractivity contribution < 1.29 is 0 Å². The highest BCUT2D eigenvalue weighted by atomic mass is 15.2. The first-order valence-electron chi connectivity index (χ1n) is 34.5. The van der Waals surface area contributed by atoms with Gasteiger partial charge < -0.3 is 9.80 Å². The number of anilines is 6. The first kappa shape index (κ1) is 59.7. The molecule has 0 aliphatic carbocycles. The maximum Gasteiger partial charge on any atom is 0.252 e. The van der Waals surface area contributed by atoms with Crippen molar-refractivity contribution in [3.8, 4) is 77.9 Å². The van der Waals surface area contributed by atoms with Crippen LogP contribution in [0.1, 0.15) is 79.0 Å². The molecular formula is C94H77BN2. The van der Waals surface area contributed by atoms with Gasteiger partial charge in [-0.25, -0.2) is 0 Å². The molecule has 15 aromatic rings. The van der Waals surface area contributed by atoms with E-state index < -0.39 is 0 Å². The number of para-hydroxylation sites is 2. The van der Waals surface area contributed by atoms with Gasteiger partial charge in [-0.05, 0) is 174 Å². The van der Waals surface area contributed by atoms with Crippen LogP contribution in [0.5, 0.6) is 0 Å². The van der Waals surface area contributed by atoms with Gasteiger partial charge in [0, 0.05) is 45.0 Å². The summed E-state index contributed by atoms with van der Waals surface area (Å²) < 4.78 is 0. The van der Waals surface area contributed by atoms with Crippen LogP contribution in [0, 0.1) is 0 Å². The van der Waals surface area contributed by atoms with Crippen LogP contribution in [-0.2, 0) is 16.2 Å². The molecule has 15 aromatic carbocycles. The van der Waals surface area contributed by atoms with Crippen LogP contribution in [0.3, 0.4) is 0 Å². The monoisotopic (exact) mass is 1240 g/mol. The SMILES string of the molecule is CC(C)(C)c1ccc(-c2cc3c4c(c2)N(c2c(-c5ccccc5)cccc2-c2ccccc2)c2cc(-c5cc6cc(C(C)(C)C)cc7ccc8cc(C(C)(C)C)cc5c8c76)ccc2B4c2cc(-c4ccccc4)ccc2N3c2c(-c3ccccc3)cccc2-c2ccccc2)cc1. The molecule has 97 heavy (non-hydrogen) atoms. The lowest BCUT2D eigenvalue weighted by atomic mass is 9.33. The van der Waals surface area contributed by atoms with E-state index in [1.807, 2.05) is 0 Å². The molecule has 0 bridgehead atoms. The molecule has 0 radical (unpaired) electrons. The first-order chi connectivity index (χ1) is 47.0.